The number of H-pyrrole nitrogens is 2. The van der Waals surface area contributed by atoms with Gasteiger partial charge >= 0.3 is 5.69 Å². The van der Waals surface area contributed by atoms with Crippen LogP contribution in [0.15, 0.2) is 41.2 Å². The second-order valence-electron chi connectivity index (χ2n) is 5.60. The summed E-state index contributed by atoms with van der Waals surface area (Å²) in [4.78, 5) is 11.4. The molecular formula is C17H12F2N6O. The average molecular weight is 354 g/mol. The topological polar surface area (TPSA) is 105 Å². The van der Waals surface area contributed by atoms with Gasteiger partial charge in [-0.25, -0.2) is 18.7 Å². The highest BCUT2D eigenvalue weighted by atomic mass is 19.1. The molecular weight excluding hydrogens is 342 g/mol. The first-order valence-corrected chi connectivity index (χ1v) is 7.57. The lowest BCUT2D eigenvalue weighted by atomic mass is 10.1. The van der Waals surface area contributed by atoms with Crippen LogP contribution in [0, 0.1) is 11.6 Å². The summed E-state index contributed by atoms with van der Waals surface area (Å²) in [7, 11) is 0. The van der Waals surface area contributed by atoms with Crippen LogP contribution in [-0.4, -0.2) is 25.1 Å². The molecule has 0 saturated carbocycles. The molecule has 0 radical (unpaired) electrons. The third-order valence-corrected chi connectivity index (χ3v) is 3.92. The number of halogens is 2. The van der Waals surface area contributed by atoms with Crippen molar-refractivity contribution in [2.24, 2.45) is 0 Å². The molecule has 4 aromatic rings. The van der Waals surface area contributed by atoms with E-state index in [0.717, 1.165) is 10.2 Å². The van der Waals surface area contributed by atoms with Gasteiger partial charge in [0.2, 0.25) is 0 Å². The Labute approximate surface area is 144 Å². The molecule has 0 saturated heterocycles. The van der Waals surface area contributed by atoms with Crippen molar-refractivity contribution in [2.75, 3.05) is 5.84 Å². The summed E-state index contributed by atoms with van der Waals surface area (Å²) in [6, 6.07) is 8.77. The van der Waals surface area contributed by atoms with Gasteiger partial charge in [-0.2, -0.15) is 14.9 Å². The van der Waals surface area contributed by atoms with Crippen molar-refractivity contribution in [1.82, 2.24) is 25.1 Å². The van der Waals surface area contributed by atoms with Crippen molar-refractivity contribution >= 4 is 23.1 Å². The molecule has 0 bridgehead atoms. The second-order valence-corrected chi connectivity index (χ2v) is 5.60. The monoisotopic (exact) mass is 354 g/mol. The Morgan fingerprint density at radius 2 is 1.81 bits per heavy atom. The van der Waals surface area contributed by atoms with E-state index in [1.54, 1.807) is 30.4 Å². The van der Waals surface area contributed by atoms with E-state index in [2.05, 4.69) is 20.4 Å². The predicted molar refractivity (Wildman–Crippen MR) is 93.4 cm³/mol. The molecule has 2 aromatic heterocycles. The van der Waals surface area contributed by atoms with Crippen LogP contribution >= 0.6 is 0 Å². The minimum absolute atomic E-state index is 0.102. The molecule has 0 aliphatic rings. The van der Waals surface area contributed by atoms with E-state index in [1.807, 2.05) is 0 Å². The molecule has 0 amide bonds. The van der Waals surface area contributed by atoms with Crippen molar-refractivity contribution in [3.8, 4) is 11.4 Å². The standard InChI is InChI=1S/C17H12F2N6O/c18-11-4-1-9(2-5-11)3-6-14-12-7-10(8-13(19)15(12)22-21-14)16-23-24-17(26)25(16)20/h1-8H,20H2,(H,21,22)(H,24,26). The third-order valence-electron chi connectivity index (χ3n) is 3.92. The first-order chi connectivity index (χ1) is 12.5. The average Bonchev–Trinajstić information content (AvgIpc) is 3.19. The number of rotatable bonds is 3. The maximum atomic E-state index is 14.4. The van der Waals surface area contributed by atoms with Gasteiger partial charge < -0.3 is 5.84 Å². The fourth-order valence-corrected chi connectivity index (χ4v) is 2.61. The van der Waals surface area contributed by atoms with Crippen LogP contribution in [0.4, 0.5) is 8.78 Å². The van der Waals surface area contributed by atoms with E-state index < -0.39 is 11.5 Å². The molecule has 7 nitrogen and oxygen atoms in total. The van der Waals surface area contributed by atoms with E-state index in [-0.39, 0.29) is 17.2 Å². The maximum absolute atomic E-state index is 14.4. The lowest BCUT2D eigenvalue weighted by molar-refractivity contribution is 0.627. The van der Waals surface area contributed by atoms with Gasteiger partial charge in [0, 0.05) is 10.9 Å². The second kappa shape index (κ2) is 5.96. The third kappa shape index (κ3) is 2.65. The minimum atomic E-state index is -0.607. The van der Waals surface area contributed by atoms with Crippen molar-refractivity contribution in [3.63, 3.8) is 0 Å². The number of hydrogen-bond donors (Lipinski definition) is 3. The summed E-state index contributed by atoms with van der Waals surface area (Å²) in [5, 5.41) is 13.2. The van der Waals surface area contributed by atoms with Gasteiger partial charge in [-0.3, -0.25) is 5.10 Å². The number of aromatic amines is 2. The van der Waals surface area contributed by atoms with Crippen LogP contribution in [0.5, 0.6) is 0 Å². The summed E-state index contributed by atoms with van der Waals surface area (Å²) in [6.45, 7) is 0. The summed E-state index contributed by atoms with van der Waals surface area (Å²) in [5.41, 5.74) is 1.19. The highest BCUT2D eigenvalue weighted by Crippen LogP contribution is 2.26. The number of nitrogens with two attached hydrogens (primary N) is 1. The Hall–Kier alpha value is -3.75. The fraction of sp³-hybridized carbons (Fsp3) is 0. The quantitative estimate of drug-likeness (QED) is 0.491. The number of fused-ring (bicyclic) bond motifs is 1. The molecule has 0 spiro atoms. The summed E-state index contributed by atoms with van der Waals surface area (Å²) in [5.74, 6) is 4.81. The van der Waals surface area contributed by atoms with Gasteiger partial charge in [0.15, 0.2) is 11.6 Å². The fourth-order valence-electron chi connectivity index (χ4n) is 2.61. The van der Waals surface area contributed by atoms with Gasteiger partial charge in [-0.1, -0.05) is 18.2 Å². The van der Waals surface area contributed by atoms with Crippen LogP contribution in [0.3, 0.4) is 0 Å². The predicted octanol–water partition coefficient (Wildman–Crippen LogP) is 2.28. The van der Waals surface area contributed by atoms with Crippen LogP contribution < -0.4 is 11.5 Å². The van der Waals surface area contributed by atoms with Crippen LogP contribution in [-0.2, 0) is 0 Å². The highest BCUT2D eigenvalue weighted by Gasteiger charge is 2.15. The smallest absolute Gasteiger partial charge is 0.333 e. The number of nitrogens with zero attached hydrogens (tertiary/aromatic N) is 3. The van der Waals surface area contributed by atoms with E-state index in [9.17, 15) is 13.6 Å². The van der Waals surface area contributed by atoms with Gasteiger partial charge in [0.05, 0.1) is 5.69 Å². The molecule has 2 heterocycles. The minimum Gasteiger partial charge on any atom is -0.333 e. The first-order valence-electron chi connectivity index (χ1n) is 7.57. The Bertz CT molecular complexity index is 1190. The zero-order valence-electron chi connectivity index (χ0n) is 13.2. The number of benzene rings is 2. The van der Waals surface area contributed by atoms with Crippen LogP contribution in [0.1, 0.15) is 11.3 Å². The molecule has 4 rings (SSSR count). The van der Waals surface area contributed by atoms with E-state index in [4.69, 9.17) is 5.84 Å². The molecule has 9 heteroatoms. The van der Waals surface area contributed by atoms with Crippen LogP contribution in [0.2, 0.25) is 0 Å². The maximum Gasteiger partial charge on any atom is 0.362 e. The van der Waals surface area contributed by atoms with Crippen molar-refractivity contribution in [1.29, 1.82) is 0 Å². The lowest BCUT2D eigenvalue weighted by Gasteiger charge is -2.01. The Kier molecular flexibility index (Phi) is 3.61. The number of aromatic nitrogens is 5. The summed E-state index contributed by atoms with van der Waals surface area (Å²) >= 11 is 0. The number of nitrogen functional groups attached to an aromatic ring is 1. The molecule has 0 aliphatic carbocycles. The van der Waals surface area contributed by atoms with Crippen molar-refractivity contribution < 1.29 is 8.78 Å². The van der Waals surface area contributed by atoms with E-state index in [1.165, 1.54) is 18.2 Å². The lowest BCUT2D eigenvalue weighted by Crippen LogP contribution is -2.24. The van der Waals surface area contributed by atoms with Crippen molar-refractivity contribution in [2.45, 2.75) is 0 Å². The van der Waals surface area contributed by atoms with Crippen LogP contribution in [0.25, 0.3) is 34.4 Å². The SMILES string of the molecule is Nn1c(-c2cc(F)c3n[nH]c(C=Cc4ccc(F)cc4)c3c2)n[nH]c1=O. The van der Waals surface area contributed by atoms with E-state index >= 15 is 0 Å². The highest BCUT2D eigenvalue weighted by molar-refractivity contribution is 5.92. The van der Waals surface area contributed by atoms with Gasteiger partial charge in [0.25, 0.3) is 0 Å². The largest absolute Gasteiger partial charge is 0.362 e. The zero-order chi connectivity index (χ0) is 18.3. The zero-order valence-corrected chi connectivity index (χ0v) is 13.2. The first kappa shape index (κ1) is 15.8. The Morgan fingerprint density at radius 3 is 2.50 bits per heavy atom. The molecule has 0 unspecified atom stereocenters. The normalized spacial score (nSPS) is 11.6. The van der Waals surface area contributed by atoms with E-state index in [0.29, 0.717) is 16.6 Å². The molecule has 0 fully saturated rings. The molecule has 4 N–H and O–H groups in total. The van der Waals surface area contributed by atoms with Gasteiger partial charge in [0.1, 0.15) is 11.3 Å². The number of hydrogen-bond acceptors (Lipinski definition) is 4. The molecule has 0 atom stereocenters. The summed E-state index contributed by atoms with van der Waals surface area (Å²) < 4.78 is 28.1. The molecule has 2 aromatic carbocycles. The Balaban J connectivity index is 1.80. The summed E-state index contributed by atoms with van der Waals surface area (Å²) in [6.07, 6.45) is 3.44. The van der Waals surface area contributed by atoms with Crippen molar-refractivity contribution in [3.05, 3.63) is 69.8 Å². The van der Waals surface area contributed by atoms with Gasteiger partial charge in [-0.15, -0.1) is 0 Å². The molecule has 130 valence electrons. The molecule has 26 heavy (non-hydrogen) atoms. The van der Waals surface area contributed by atoms with Gasteiger partial charge in [-0.05, 0) is 35.9 Å². The number of nitrogens with one attached hydrogen (secondary N) is 2. The molecule has 0 aliphatic heterocycles. The Morgan fingerprint density at radius 1 is 1.04 bits per heavy atom.